The van der Waals surface area contributed by atoms with Crippen molar-refractivity contribution in [1.29, 1.82) is 0 Å². The summed E-state index contributed by atoms with van der Waals surface area (Å²) in [5.74, 6) is 1.26. The molecule has 0 atom stereocenters. The normalized spacial score (nSPS) is 10.8. The van der Waals surface area contributed by atoms with Gasteiger partial charge in [-0.2, -0.15) is 0 Å². The van der Waals surface area contributed by atoms with Crippen molar-refractivity contribution >= 4 is 29.1 Å². The van der Waals surface area contributed by atoms with E-state index in [0.717, 1.165) is 0 Å². The summed E-state index contributed by atoms with van der Waals surface area (Å²) in [6, 6.07) is 21.8. The lowest BCUT2D eigenvalue weighted by atomic mass is 10.4. The molecule has 0 N–H and O–H groups in total. The van der Waals surface area contributed by atoms with Crippen molar-refractivity contribution in [1.82, 2.24) is 0 Å². The van der Waals surface area contributed by atoms with Crippen molar-refractivity contribution in [3.63, 3.8) is 0 Å². The van der Waals surface area contributed by atoms with Gasteiger partial charge < -0.3 is 0 Å². The van der Waals surface area contributed by atoms with Crippen LogP contribution in [-0.2, 0) is 0 Å². The van der Waals surface area contributed by atoms with E-state index < -0.39 is 0 Å². The average molecular weight is 274 g/mol. The zero-order chi connectivity index (χ0) is 12.6. The Bertz CT molecular complexity index is 402. The van der Waals surface area contributed by atoms with Gasteiger partial charge in [-0.3, -0.25) is 0 Å². The quantitative estimate of drug-likeness (QED) is 0.549. The summed E-state index contributed by atoms with van der Waals surface area (Å²) in [7, 11) is -0.246. The van der Waals surface area contributed by atoms with Crippen molar-refractivity contribution in [3.05, 3.63) is 60.7 Å². The van der Waals surface area contributed by atoms with E-state index in [1.54, 1.807) is 0 Å². The van der Waals surface area contributed by atoms with E-state index in [1.807, 2.05) is 0 Å². The molecular weight excluding hydrogens is 255 g/mol. The Kier molecular flexibility index (Phi) is 5.77. The van der Waals surface area contributed by atoms with E-state index >= 15 is 0 Å². The molecule has 0 amide bonds. The highest BCUT2D eigenvalue weighted by Gasteiger charge is 2.13. The molecule has 0 spiro atoms. The SMILES string of the molecule is CCCCSP(c1ccccc1)c1ccccc1. The van der Waals surface area contributed by atoms with Crippen LogP contribution in [0.5, 0.6) is 0 Å². The second-order valence-electron chi connectivity index (χ2n) is 4.15. The summed E-state index contributed by atoms with van der Waals surface area (Å²) < 4.78 is 0. The highest BCUT2D eigenvalue weighted by molar-refractivity contribution is 8.60. The molecule has 2 heteroatoms. The molecule has 94 valence electrons. The Balaban J connectivity index is 2.18. The third-order valence-corrected chi connectivity index (χ3v) is 7.55. The molecule has 0 bridgehead atoms. The van der Waals surface area contributed by atoms with Gasteiger partial charge in [-0.05, 0) is 22.8 Å². The minimum Gasteiger partial charge on any atom is -0.124 e. The Labute approximate surface area is 115 Å². The Morgan fingerprint density at radius 3 is 1.78 bits per heavy atom. The molecule has 0 unspecified atom stereocenters. The van der Waals surface area contributed by atoms with E-state index in [4.69, 9.17) is 0 Å². The molecule has 0 saturated heterocycles. The van der Waals surface area contributed by atoms with Gasteiger partial charge in [-0.25, -0.2) is 0 Å². The van der Waals surface area contributed by atoms with Crippen molar-refractivity contribution in [2.75, 3.05) is 5.75 Å². The van der Waals surface area contributed by atoms with E-state index in [2.05, 4.69) is 79.0 Å². The van der Waals surface area contributed by atoms with Gasteiger partial charge in [0.2, 0.25) is 0 Å². The lowest BCUT2D eigenvalue weighted by Gasteiger charge is -2.17. The molecule has 0 aliphatic rings. The molecular formula is C16H19PS. The van der Waals surface area contributed by atoms with Crippen LogP contribution in [0.3, 0.4) is 0 Å². The average Bonchev–Trinajstić information content (AvgIpc) is 2.46. The Hall–Kier alpha value is -0.780. The van der Waals surface area contributed by atoms with Gasteiger partial charge in [0.15, 0.2) is 0 Å². The fraction of sp³-hybridized carbons (Fsp3) is 0.250. The van der Waals surface area contributed by atoms with Crippen LogP contribution < -0.4 is 10.6 Å². The molecule has 2 aromatic carbocycles. The molecule has 0 radical (unpaired) electrons. The van der Waals surface area contributed by atoms with Crippen LogP contribution in [0, 0.1) is 0 Å². The maximum absolute atomic E-state index is 2.26. The van der Waals surface area contributed by atoms with Crippen LogP contribution in [0.4, 0.5) is 0 Å². The summed E-state index contributed by atoms with van der Waals surface area (Å²) in [4.78, 5) is 0. The molecule has 2 aromatic rings. The standard InChI is InChI=1S/C16H19PS/c1-2-3-14-18-17(15-10-6-4-7-11-15)16-12-8-5-9-13-16/h4-13H,2-3,14H2,1H3. The van der Waals surface area contributed by atoms with Crippen LogP contribution in [0.25, 0.3) is 0 Å². The predicted molar refractivity (Wildman–Crippen MR) is 86.4 cm³/mol. The molecule has 0 aromatic heterocycles. The third kappa shape index (κ3) is 3.86. The second-order valence-corrected chi connectivity index (χ2v) is 8.31. The summed E-state index contributed by atoms with van der Waals surface area (Å²) in [5, 5.41) is 2.94. The molecule has 0 fully saturated rings. The van der Waals surface area contributed by atoms with E-state index in [-0.39, 0.29) is 7.12 Å². The van der Waals surface area contributed by atoms with Crippen LogP contribution in [0.2, 0.25) is 0 Å². The maximum Gasteiger partial charge on any atom is 0.0152 e. The number of hydrogen-bond acceptors (Lipinski definition) is 1. The minimum absolute atomic E-state index is 0.246. The molecule has 2 rings (SSSR count). The minimum atomic E-state index is -0.246. The highest BCUT2D eigenvalue weighted by Crippen LogP contribution is 2.47. The van der Waals surface area contributed by atoms with Gasteiger partial charge in [-0.1, -0.05) is 74.0 Å². The van der Waals surface area contributed by atoms with Gasteiger partial charge in [-0.15, -0.1) is 11.4 Å². The first-order valence-electron chi connectivity index (χ1n) is 6.45. The zero-order valence-corrected chi connectivity index (χ0v) is 12.5. The molecule has 18 heavy (non-hydrogen) atoms. The third-order valence-electron chi connectivity index (χ3n) is 2.70. The lowest BCUT2D eigenvalue weighted by molar-refractivity contribution is 0.898. The first-order valence-corrected chi connectivity index (χ1v) is 9.38. The zero-order valence-electron chi connectivity index (χ0n) is 10.8. The van der Waals surface area contributed by atoms with Gasteiger partial charge >= 0.3 is 0 Å². The highest BCUT2D eigenvalue weighted by atomic mass is 32.7. The Morgan fingerprint density at radius 2 is 1.33 bits per heavy atom. The second kappa shape index (κ2) is 7.61. The van der Waals surface area contributed by atoms with Crippen molar-refractivity contribution in [2.45, 2.75) is 19.8 Å². The summed E-state index contributed by atoms with van der Waals surface area (Å²) in [6.45, 7) is 2.26. The van der Waals surface area contributed by atoms with Gasteiger partial charge in [0, 0.05) is 7.12 Å². The fourth-order valence-electron chi connectivity index (χ4n) is 1.73. The topological polar surface area (TPSA) is 0 Å². The monoisotopic (exact) mass is 274 g/mol. The predicted octanol–water partition coefficient (Wildman–Crippen LogP) is 4.57. The molecule has 0 nitrogen and oxygen atoms in total. The molecule has 0 saturated carbocycles. The van der Waals surface area contributed by atoms with Crippen LogP contribution in [-0.4, -0.2) is 5.75 Å². The fourth-order valence-corrected chi connectivity index (χ4v) is 6.37. The Morgan fingerprint density at radius 1 is 0.833 bits per heavy atom. The maximum atomic E-state index is 2.26. The first-order chi connectivity index (χ1) is 8.92. The molecule has 0 aliphatic carbocycles. The number of rotatable bonds is 6. The number of benzene rings is 2. The van der Waals surface area contributed by atoms with Crippen LogP contribution in [0.1, 0.15) is 19.8 Å². The lowest BCUT2D eigenvalue weighted by Crippen LogP contribution is -2.09. The van der Waals surface area contributed by atoms with E-state index in [9.17, 15) is 0 Å². The van der Waals surface area contributed by atoms with E-state index in [1.165, 1.54) is 29.2 Å². The molecule has 0 heterocycles. The van der Waals surface area contributed by atoms with Gasteiger partial charge in [0.1, 0.15) is 0 Å². The summed E-state index contributed by atoms with van der Waals surface area (Å²) in [6.07, 6.45) is 2.59. The van der Waals surface area contributed by atoms with Gasteiger partial charge in [0.05, 0.1) is 0 Å². The van der Waals surface area contributed by atoms with Crippen molar-refractivity contribution < 1.29 is 0 Å². The van der Waals surface area contributed by atoms with Gasteiger partial charge in [0.25, 0.3) is 0 Å². The number of hydrogen-bond donors (Lipinski definition) is 0. The molecule has 0 aliphatic heterocycles. The first kappa shape index (κ1) is 13.6. The van der Waals surface area contributed by atoms with E-state index in [0.29, 0.717) is 0 Å². The summed E-state index contributed by atoms with van der Waals surface area (Å²) in [5.41, 5.74) is 0. The largest absolute Gasteiger partial charge is 0.124 e. The smallest absolute Gasteiger partial charge is 0.0152 e. The van der Waals surface area contributed by atoms with Crippen molar-refractivity contribution in [2.24, 2.45) is 0 Å². The van der Waals surface area contributed by atoms with Crippen LogP contribution >= 0.6 is 18.5 Å². The number of unbranched alkanes of at least 4 members (excludes halogenated alkanes) is 1. The van der Waals surface area contributed by atoms with Crippen molar-refractivity contribution in [3.8, 4) is 0 Å². The van der Waals surface area contributed by atoms with Crippen LogP contribution in [0.15, 0.2) is 60.7 Å². The summed E-state index contributed by atoms with van der Waals surface area (Å²) >= 11 is 2.12.